The lowest BCUT2D eigenvalue weighted by Gasteiger charge is -2.32. The van der Waals surface area contributed by atoms with Crippen LogP contribution in [0.4, 0.5) is 0 Å². The van der Waals surface area contributed by atoms with Crippen LogP contribution in [0.25, 0.3) is 0 Å². The molecule has 1 aromatic rings. The Bertz CT molecular complexity index is 416. The number of nitrogens with one attached hydrogen (secondary N) is 1. The Labute approximate surface area is 114 Å². The van der Waals surface area contributed by atoms with Gasteiger partial charge in [-0.05, 0) is 43.6 Å². The van der Waals surface area contributed by atoms with Crippen molar-refractivity contribution in [2.45, 2.75) is 25.4 Å². The van der Waals surface area contributed by atoms with Gasteiger partial charge in [0.15, 0.2) is 0 Å². The quantitative estimate of drug-likeness (QED) is 0.831. The van der Waals surface area contributed by atoms with Gasteiger partial charge >= 0.3 is 0 Å². The van der Waals surface area contributed by atoms with Crippen LogP contribution in [0.3, 0.4) is 0 Å². The molecule has 0 atom stereocenters. The molecule has 1 aromatic carbocycles. The third-order valence-corrected chi connectivity index (χ3v) is 3.62. The largest absolute Gasteiger partial charge is 0.395 e. The Morgan fingerprint density at radius 3 is 2.53 bits per heavy atom. The number of likely N-dealkylation sites (tertiary alicyclic amines) is 1. The number of hydrogen-bond acceptors (Lipinski definition) is 4. The van der Waals surface area contributed by atoms with Crippen LogP contribution >= 0.6 is 0 Å². The van der Waals surface area contributed by atoms with E-state index < -0.39 is 0 Å². The highest BCUT2D eigenvalue weighted by molar-refractivity contribution is 5.31. The first-order valence-corrected chi connectivity index (χ1v) is 6.87. The van der Waals surface area contributed by atoms with E-state index in [0.717, 1.165) is 38.0 Å². The first-order valence-electron chi connectivity index (χ1n) is 6.87. The summed E-state index contributed by atoms with van der Waals surface area (Å²) in [4.78, 5) is 2.44. The van der Waals surface area contributed by atoms with Crippen molar-refractivity contribution < 1.29 is 5.11 Å². The van der Waals surface area contributed by atoms with Crippen molar-refractivity contribution in [1.29, 1.82) is 5.26 Å². The van der Waals surface area contributed by atoms with E-state index in [9.17, 15) is 0 Å². The minimum atomic E-state index is 0.214. The number of rotatable bonds is 5. The van der Waals surface area contributed by atoms with E-state index in [-0.39, 0.29) is 6.61 Å². The molecule has 0 aliphatic carbocycles. The summed E-state index contributed by atoms with van der Waals surface area (Å²) in [6.45, 7) is 4.04. The van der Waals surface area contributed by atoms with Gasteiger partial charge in [-0.3, -0.25) is 4.90 Å². The number of aliphatic hydroxyl groups is 1. The predicted octanol–water partition coefficient (Wildman–Crippen LogP) is 1.10. The summed E-state index contributed by atoms with van der Waals surface area (Å²) in [5.41, 5.74) is 1.98. The van der Waals surface area contributed by atoms with Crippen molar-refractivity contribution >= 4 is 0 Å². The molecule has 1 fully saturated rings. The highest BCUT2D eigenvalue weighted by atomic mass is 16.3. The Morgan fingerprint density at radius 1 is 1.26 bits per heavy atom. The molecule has 0 bridgehead atoms. The fourth-order valence-electron chi connectivity index (χ4n) is 2.51. The van der Waals surface area contributed by atoms with E-state index in [1.54, 1.807) is 0 Å². The van der Waals surface area contributed by atoms with Crippen molar-refractivity contribution in [3.8, 4) is 6.07 Å². The number of aliphatic hydroxyl groups excluding tert-OH is 1. The van der Waals surface area contributed by atoms with E-state index in [2.05, 4.69) is 16.3 Å². The summed E-state index contributed by atoms with van der Waals surface area (Å²) in [6.07, 6.45) is 2.27. The molecular weight excluding hydrogens is 238 g/mol. The average molecular weight is 259 g/mol. The van der Waals surface area contributed by atoms with Crippen LogP contribution in [-0.4, -0.2) is 42.3 Å². The second kappa shape index (κ2) is 7.25. The van der Waals surface area contributed by atoms with Crippen LogP contribution in [0, 0.1) is 11.3 Å². The Hall–Kier alpha value is -1.41. The summed E-state index contributed by atoms with van der Waals surface area (Å²) >= 11 is 0. The fourth-order valence-corrected chi connectivity index (χ4v) is 2.51. The van der Waals surface area contributed by atoms with Crippen molar-refractivity contribution in [2.24, 2.45) is 0 Å². The summed E-state index contributed by atoms with van der Waals surface area (Å²) in [5.74, 6) is 0. The van der Waals surface area contributed by atoms with Crippen molar-refractivity contribution in [3.05, 3.63) is 35.4 Å². The summed E-state index contributed by atoms with van der Waals surface area (Å²) in [7, 11) is 0. The van der Waals surface area contributed by atoms with Crippen LogP contribution < -0.4 is 5.32 Å². The molecule has 2 N–H and O–H groups in total. The summed E-state index contributed by atoms with van der Waals surface area (Å²) in [5, 5.41) is 20.9. The van der Waals surface area contributed by atoms with Crippen LogP contribution in [-0.2, 0) is 6.54 Å². The van der Waals surface area contributed by atoms with Crippen LogP contribution in [0.15, 0.2) is 24.3 Å². The first-order chi connectivity index (χ1) is 9.31. The number of hydrogen-bond donors (Lipinski definition) is 2. The SMILES string of the molecule is N#Cc1ccc(CN2CCC(NCCO)CC2)cc1. The van der Waals surface area contributed by atoms with E-state index >= 15 is 0 Å². The lowest BCUT2D eigenvalue weighted by molar-refractivity contribution is 0.184. The van der Waals surface area contributed by atoms with Gasteiger partial charge in [-0.2, -0.15) is 5.26 Å². The standard InChI is InChI=1S/C15H21N3O/c16-11-13-1-3-14(4-2-13)12-18-8-5-15(6-9-18)17-7-10-19/h1-4,15,17,19H,5-10,12H2. The zero-order chi connectivity index (χ0) is 13.5. The van der Waals surface area contributed by atoms with E-state index in [0.29, 0.717) is 12.6 Å². The smallest absolute Gasteiger partial charge is 0.0991 e. The molecule has 19 heavy (non-hydrogen) atoms. The highest BCUT2D eigenvalue weighted by Gasteiger charge is 2.18. The molecule has 0 saturated carbocycles. The van der Waals surface area contributed by atoms with Crippen molar-refractivity contribution in [1.82, 2.24) is 10.2 Å². The molecule has 0 unspecified atom stereocenters. The Balaban J connectivity index is 1.77. The van der Waals surface area contributed by atoms with Crippen LogP contribution in [0.5, 0.6) is 0 Å². The van der Waals surface area contributed by atoms with Gasteiger partial charge in [0.25, 0.3) is 0 Å². The highest BCUT2D eigenvalue weighted by Crippen LogP contribution is 2.14. The molecule has 1 aliphatic heterocycles. The first kappa shape index (κ1) is 14.0. The van der Waals surface area contributed by atoms with E-state index in [1.807, 2.05) is 24.3 Å². The van der Waals surface area contributed by atoms with Gasteiger partial charge in [-0.25, -0.2) is 0 Å². The molecule has 2 rings (SSSR count). The van der Waals surface area contributed by atoms with Gasteiger partial charge in [-0.1, -0.05) is 12.1 Å². The number of benzene rings is 1. The normalized spacial score (nSPS) is 17.3. The zero-order valence-electron chi connectivity index (χ0n) is 11.2. The van der Waals surface area contributed by atoms with E-state index in [1.165, 1.54) is 5.56 Å². The monoisotopic (exact) mass is 259 g/mol. The van der Waals surface area contributed by atoms with Crippen LogP contribution in [0.1, 0.15) is 24.0 Å². The molecule has 1 heterocycles. The zero-order valence-corrected chi connectivity index (χ0v) is 11.2. The molecule has 102 valence electrons. The summed E-state index contributed by atoms with van der Waals surface area (Å²) < 4.78 is 0. The molecule has 4 nitrogen and oxygen atoms in total. The molecular formula is C15H21N3O. The molecule has 0 aromatic heterocycles. The third kappa shape index (κ3) is 4.32. The Kier molecular flexibility index (Phi) is 5.34. The topological polar surface area (TPSA) is 59.3 Å². The molecule has 1 saturated heterocycles. The molecule has 4 heteroatoms. The molecule has 0 spiro atoms. The fraction of sp³-hybridized carbons (Fsp3) is 0.533. The van der Waals surface area contributed by atoms with Gasteiger partial charge < -0.3 is 10.4 Å². The van der Waals surface area contributed by atoms with Crippen molar-refractivity contribution in [2.75, 3.05) is 26.2 Å². The average Bonchev–Trinajstić information content (AvgIpc) is 2.47. The number of piperidine rings is 1. The lowest BCUT2D eigenvalue weighted by Crippen LogP contribution is -2.42. The number of nitriles is 1. The minimum Gasteiger partial charge on any atom is -0.395 e. The molecule has 0 amide bonds. The van der Waals surface area contributed by atoms with Gasteiger partial charge in [0, 0.05) is 19.1 Å². The van der Waals surface area contributed by atoms with Gasteiger partial charge in [0.2, 0.25) is 0 Å². The van der Waals surface area contributed by atoms with E-state index in [4.69, 9.17) is 10.4 Å². The minimum absolute atomic E-state index is 0.214. The summed E-state index contributed by atoms with van der Waals surface area (Å²) in [6, 6.07) is 10.5. The third-order valence-electron chi connectivity index (χ3n) is 3.62. The lowest BCUT2D eigenvalue weighted by atomic mass is 10.0. The predicted molar refractivity (Wildman–Crippen MR) is 74.5 cm³/mol. The maximum Gasteiger partial charge on any atom is 0.0991 e. The van der Waals surface area contributed by atoms with Crippen LogP contribution in [0.2, 0.25) is 0 Å². The molecule has 1 aliphatic rings. The molecule has 0 radical (unpaired) electrons. The van der Waals surface area contributed by atoms with Crippen molar-refractivity contribution in [3.63, 3.8) is 0 Å². The second-order valence-corrected chi connectivity index (χ2v) is 5.04. The van der Waals surface area contributed by atoms with Gasteiger partial charge in [0.1, 0.15) is 0 Å². The van der Waals surface area contributed by atoms with Gasteiger partial charge in [0.05, 0.1) is 18.2 Å². The maximum atomic E-state index is 8.79. The number of nitrogens with zero attached hydrogens (tertiary/aromatic N) is 2. The maximum absolute atomic E-state index is 8.79. The Morgan fingerprint density at radius 2 is 1.95 bits per heavy atom. The second-order valence-electron chi connectivity index (χ2n) is 5.04. The van der Waals surface area contributed by atoms with Gasteiger partial charge in [-0.15, -0.1) is 0 Å².